The van der Waals surface area contributed by atoms with Gasteiger partial charge >= 0.3 is 0 Å². The maximum atomic E-state index is 12.6. The van der Waals surface area contributed by atoms with Crippen LogP contribution < -0.4 is 15.8 Å². The summed E-state index contributed by atoms with van der Waals surface area (Å²) in [6.07, 6.45) is 1.87. The number of nitrogens with one attached hydrogen (secondary N) is 1. The first-order valence-corrected chi connectivity index (χ1v) is 8.21. The lowest BCUT2D eigenvalue weighted by Gasteiger charge is -2.27. The number of ether oxygens (including phenoxy) is 1. The van der Waals surface area contributed by atoms with Crippen LogP contribution in [0, 0.1) is 0 Å². The third-order valence-electron chi connectivity index (χ3n) is 4.28. The number of piperidine rings is 1. The van der Waals surface area contributed by atoms with Crippen molar-refractivity contribution in [3.63, 3.8) is 0 Å². The molecule has 8 heteroatoms. The van der Waals surface area contributed by atoms with E-state index in [-0.39, 0.29) is 24.0 Å². The Morgan fingerprint density at radius 3 is 2.60 bits per heavy atom. The minimum Gasteiger partial charge on any atom is -0.494 e. The normalized spacial score (nSPS) is 19.9. The molecule has 1 unspecified atom stereocenters. The number of carbonyl (C=O) groups is 4. The van der Waals surface area contributed by atoms with Crippen molar-refractivity contribution in [2.75, 3.05) is 13.2 Å². The number of nitrogens with two attached hydrogens (primary N) is 1. The van der Waals surface area contributed by atoms with Gasteiger partial charge in [-0.2, -0.15) is 0 Å². The minimum atomic E-state index is -0.959. The molecule has 1 aromatic carbocycles. The summed E-state index contributed by atoms with van der Waals surface area (Å²) in [5.74, 6) is -1.59. The Hall–Kier alpha value is -2.74. The Kier molecular flexibility index (Phi) is 4.80. The molecule has 8 nitrogen and oxygen atoms in total. The number of nitrogens with zero attached hydrogens (tertiary/aromatic N) is 1. The fourth-order valence-corrected chi connectivity index (χ4v) is 2.98. The lowest BCUT2D eigenvalue weighted by molar-refractivity contribution is -0.136. The zero-order valence-corrected chi connectivity index (χ0v) is 13.6. The van der Waals surface area contributed by atoms with Crippen LogP contribution in [0.3, 0.4) is 0 Å². The summed E-state index contributed by atoms with van der Waals surface area (Å²) in [6.45, 7) is 1.05. The van der Waals surface area contributed by atoms with Crippen molar-refractivity contribution < 1.29 is 23.9 Å². The average molecular weight is 345 g/mol. The summed E-state index contributed by atoms with van der Waals surface area (Å²) in [7, 11) is 0. The zero-order chi connectivity index (χ0) is 18.0. The lowest BCUT2D eigenvalue weighted by Crippen LogP contribution is -2.54. The summed E-state index contributed by atoms with van der Waals surface area (Å²) in [6, 6.07) is 3.71. The number of carbonyl (C=O) groups excluding carboxylic acids is 4. The third-order valence-corrected chi connectivity index (χ3v) is 4.28. The molecule has 3 rings (SSSR count). The molecule has 4 amide bonds. The van der Waals surface area contributed by atoms with Crippen LogP contribution in [0.1, 0.15) is 46.4 Å². The van der Waals surface area contributed by atoms with Crippen LogP contribution in [0.25, 0.3) is 0 Å². The number of amides is 4. The van der Waals surface area contributed by atoms with Gasteiger partial charge in [0.1, 0.15) is 11.8 Å². The minimum absolute atomic E-state index is 0.0965. The molecule has 1 atom stereocenters. The molecule has 0 aliphatic carbocycles. The smallest absolute Gasteiger partial charge is 0.262 e. The van der Waals surface area contributed by atoms with E-state index in [1.807, 2.05) is 0 Å². The maximum absolute atomic E-state index is 12.6. The van der Waals surface area contributed by atoms with Crippen molar-refractivity contribution in [3.8, 4) is 5.75 Å². The number of imide groups is 2. The molecule has 2 aliphatic rings. The average Bonchev–Trinajstić information content (AvgIpc) is 2.83. The molecule has 1 aromatic rings. The molecule has 0 aromatic heterocycles. The fraction of sp³-hybridized carbons (Fsp3) is 0.412. The van der Waals surface area contributed by atoms with Gasteiger partial charge in [-0.3, -0.25) is 29.4 Å². The van der Waals surface area contributed by atoms with Crippen LogP contribution in [-0.2, 0) is 9.59 Å². The van der Waals surface area contributed by atoms with Gasteiger partial charge in [-0.1, -0.05) is 0 Å². The number of hydrogen-bond donors (Lipinski definition) is 2. The van der Waals surface area contributed by atoms with E-state index in [2.05, 4.69) is 5.32 Å². The summed E-state index contributed by atoms with van der Waals surface area (Å²) in [5, 5.41) is 2.17. The second-order valence-electron chi connectivity index (χ2n) is 6.00. The SMILES string of the molecule is NCCCCOc1ccc2c(c1)C(=O)N(C1CCC(=O)NC1=O)C2=O. The van der Waals surface area contributed by atoms with Crippen molar-refractivity contribution in [2.45, 2.75) is 31.7 Å². The molecular weight excluding hydrogens is 326 g/mol. The molecule has 132 valence electrons. The fourth-order valence-electron chi connectivity index (χ4n) is 2.98. The van der Waals surface area contributed by atoms with Gasteiger partial charge in [0.15, 0.2) is 0 Å². The van der Waals surface area contributed by atoms with Gasteiger partial charge in [0.2, 0.25) is 11.8 Å². The molecule has 25 heavy (non-hydrogen) atoms. The first kappa shape index (κ1) is 17.1. The Morgan fingerprint density at radius 2 is 1.88 bits per heavy atom. The van der Waals surface area contributed by atoms with Crippen LogP contribution in [0.2, 0.25) is 0 Å². The molecule has 0 radical (unpaired) electrons. The first-order chi connectivity index (χ1) is 12.0. The molecule has 1 saturated heterocycles. The largest absolute Gasteiger partial charge is 0.494 e. The Labute approximate surface area is 144 Å². The molecule has 1 fully saturated rings. The quantitative estimate of drug-likeness (QED) is 0.562. The number of rotatable bonds is 6. The molecular formula is C17H19N3O5. The summed E-state index contributed by atoms with van der Waals surface area (Å²) >= 11 is 0. The van der Waals surface area contributed by atoms with Crippen molar-refractivity contribution in [2.24, 2.45) is 5.73 Å². The number of hydrogen-bond acceptors (Lipinski definition) is 6. The van der Waals surface area contributed by atoms with Gasteiger partial charge in [-0.15, -0.1) is 0 Å². The maximum Gasteiger partial charge on any atom is 0.262 e. The van der Waals surface area contributed by atoms with E-state index in [9.17, 15) is 19.2 Å². The number of unbranched alkanes of at least 4 members (excludes halogenated alkanes) is 1. The monoisotopic (exact) mass is 345 g/mol. The van der Waals surface area contributed by atoms with Crippen LogP contribution in [0.15, 0.2) is 18.2 Å². The van der Waals surface area contributed by atoms with E-state index in [4.69, 9.17) is 10.5 Å². The van der Waals surface area contributed by atoms with Crippen molar-refractivity contribution in [3.05, 3.63) is 29.3 Å². The lowest BCUT2D eigenvalue weighted by atomic mass is 10.0. The van der Waals surface area contributed by atoms with E-state index >= 15 is 0 Å². The Morgan fingerprint density at radius 1 is 1.12 bits per heavy atom. The predicted molar refractivity (Wildman–Crippen MR) is 86.9 cm³/mol. The van der Waals surface area contributed by atoms with E-state index in [0.29, 0.717) is 18.9 Å². The topological polar surface area (TPSA) is 119 Å². The summed E-state index contributed by atoms with van der Waals surface area (Å²) in [5.41, 5.74) is 5.88. The standard InChI is InChI=1S/C17H19N3O5/c18-7-1-2-8-25-10-3-4-11-12(9-10)17(24)20(16(11)23)13-5-6-14(21)19-15(13)22/h3-4,9,13H,1-2,5-8,18H2,(H,19,21,22). The van der Waals surface area contributed by atoms with E-state index < -0.39 is 29.7 Å². The predicted octanol–water partition coefficient (Wildman–Crippen LogP) is 0.205. The molecule has 0 bridgehead atoms. The highest BCUT2D eigenvalue weighted by Gasteiger charge is 2.44. The van der Waals surface area contributed by atoms with Crippen LogP contribution in [-0.4, -0.2) is 47.7 Å². The Bertz CT molecular complexity index is 746. The first-order valence-electron chi connectivity index (χ1n) is 8.21. The highest BCUT2D eigenvalue weighted by Crippen LogP contribution is 2.30. The third kappa shape index (κ3) is 3.25. The second kappa shape index (κ2) is 7.02. The Balaban J connectivity index is 1.77. The van der Waals surface area contributed by atoms with Gasteiger partial charge in [-0.25, -0.2) is 0 Å². The van der Waals surface area contributed by atoms with Gasteiger partial charge in [0.05, 0.1) is 17.7 Å². The van der Waals surface area contributed by atoms with Gasteiger partial charge in [-0.05, 0) is 44.0 Å². The van der Waals surface area contributed by atoms with Gasteiger partial charge in [0, 0.05) is 6.42 Å². The van der Waals surface area contributed by atoms with Crippen LogP contribution in [0.4, 0.5) is 0 Å². The van der Waals surface area contributed by atoms with Crippen molar-refractivity contribution in [1.82, 2.24) is 10.2 Å². The summed E-state index contributed by atoms with van der Waals surface area (Å²) < 4.78 is 5.57. The van der Waals surface area contributed by atoms with Crippen LogP contribution in [0.5, 0.6) is 5.75 Å². The molecule has 2 heterocycles. The molecule has 3 N–H and O–H groups in total. The molecule has 2 aliphatic heterocycles. The van der Waals surface area contributed by atoms with E-state index in [1.54, 1.807) is 6.07 Å². The van der Waals surface area contributed by atoms with Crippen molar-refractivity contribution >= 4 is 23.6 Å². The van der Waals surface area contributed by atoms with E-state index in [0.717, 1.165) is 17.7 Å². The van der Waals surface area contributed by atoms with Gasteiger partial charge < -0.3 is 10.5 Å². The van der Waals surface area contributed by atoms with E-state index in [1.165, 1.54) is 12.1 Å². The van der Waals surface area contributed by atoms with Gasteiger partial charge in [0.25, 0.3) is 11.8 Å². The number of fused-ring (bicyclic) bond motifs is 1. The van der Waals surface area contributed by atoms with Crippen molar-refractivity contribution in [1.29, 1.82) is 0 Å². The highest BCUT2D eigenvalue weighted by atomic mass is 16.5. The highest BCUT2D eigenvalue weighted by molar-refractivity contribution is 6.23. The van der Waals surface area contributed by atoms with Crippen LogP contribution >= 0.6 is 0 Å². The summed E-state index contributed by atoms with van der Waals surface area (Å²) in [4.78, 5) is 49.3. The zero-order valence-electron chi connectivity index (χ0n) is 13.6. The molecule has 0 spiro atoms. The second-order valence-corrected chi connectivity index (χ2v) is 6.00. The molecule has 0 saturated carbocycles. The number of benzene rings is 1.